The fraction of sp³-hybridized carbons (Fsp3) is 1.00. The molecule has 0 radical (unpaired) electrons. The maximum absolute atomic E-state index is 2.48. The van der Waals surface area contributed by atoms with Crippen LogP contribution >= 0.6 is 0 Å². The first kappa shape index (κ1) is 23.0. The molecule has 0 N–H and O–H groups in total. The van der Waals surface area contributed by atoms with Crippen molar-refractivity contribution in [3.63, 3.8) is 0 Å². The fourth-order valence-electron chi connectivity index (χ4n) is 4.16. The molecule has 0 bridgehead atoms. The van der Waals surface area contributed by atoms with Crippen molar-refractivity contribution in [1.29, 1.82) is 0 Å². The highest BCUT2D eigenvalue weighted by Crippen LogP contribution is 2.19. The first-order chi connectivity index (χ1) is 11.2. The Balaban J connectivity index is 3.45. The summed E-state index contributed by atoms with van der Waals surface area (Å²) in [6.07, 6.45) is 18.9. The third-order valence-electron chi connectivity index (χ3n) is 6.30. The SMILES string of the molecule is CCCCCCCCCCCCCCC(C)[N+](CC)(CC)CC. The molecule has 0 fully saturated rings. The smallest absolute Gasteiger partial charge is 0.0861 e. The molecule has 0 rings (SSSR count). The summed E-state index contributed by atoms with van der Waals surface area (Å²) in [4.78, 5) is 0. The lowest BCUT2D eigenvalue weighted by atomic mass is 10.0. The zero-order valence-electron chi connectivity index (χ0n) is 17.3. The van der Waals surface area contributed by atoms with Crippen molar-refractivity contribution in [2.24, 2.45) is 0 Å². The van der Waals surface area contributed by atoms with Crippen molar-refractivity contribution < 1.29 is 4.48 Å². The van der Waals surface area contributed by atoms with Gasteiger partial charge in [0.05, 0.1) is 25.7 Å². The average Bonchev–Trinajstić information content (AvgIpc) is 2.58. The molecule has 0 aromatic rings. The molecule has 0 amide bonds. The number of hydrogen-bond donors (Lipinski definition) is 0. The third kappa shape index (κ3) is 10.4. The van der Waals surface area contributed by atoms with Gasteiger partial charge in [-0.15, -0.1) is 0 Å². The van der Waals surface area contributed by atoms with Crippen molar-refractivity contribution in [3.8, 4) is 0 Å². The van der Waals surface area contributed by atoms with E-state index in [0.717, 1.165) is 6.04 Å². The standard InChI is InChI=1S/C22H48N/c1-6-10-11-12-13-14-15-16-17-18-19-20-21-22(5)23(7-2,8-3)9-4/h22H,6-21H2,1-5H3/q+1. The van der Waals surface area contributed by atoms with Crippen molar-refractivity contribution in [1.82, 2.24) is 0 Å². The Morgan fingerprint density at radius 2 is 0.870 bits per heavy atom. The van der Waals surface area contributed by atoms with Gasteiger partial charge in [0.1, 0.15) is 0 Å². The van der Waals surface area contributed by atoms with Crippen molar-refractivity contribution >= 4 is 0 Å². The second-order valence-electron chi connectivity index (χ2n) is 7.69. The Bertz CT molecular complexity index is 224. The van der Waals surface area contributed by atoms with E-state index in [9.17, 15) is 0 Å². The van der Waals surface area contributed by atoms with Gasteiger partial charge in [0, 0.05) is 0 Å². The molecule has 140 valence electrons. The normalized spacial score (nSPS) is 13.4. The second-order valence-corrected chi connectivity index (χ2v) is 7.69. The van der Waals surface area contributed by atoms with Gasteiger partial charge in [-0.1, -0.05) is 77.6 Å². The summed E-state index contributed by atoms with van der Waals surface area (Å²) >= 11 is 0. The summed E-state index contributed by atoms with van der Waals surface area (Å²) < 4.78 is 1.32. The first-order valence-corrected chi connectivity index (χ1v) is 11.0. The molecule has 0 saturated carbocycles. The number of nitrogens with zero attached hydrogens (tertiary/aromatic N) is 1. The molecule has 1 heteroatoms. The predicted molar refractivity (Wildman–Crippen MR) is 107 cm³/mol. The predicted octanol–water partition coefficient (Wildman–Crippen LogP) is 7.34. The van der Waals surface area contributed by atoms with E-state index in [2.05, 4.69) is 34.6 Å². The highest BCUT2D eigenvalue weighted by molar-refractivity contribution is 4.56. The molecule has 0 saturated heterocycles. The van der Waals surface area contributed by atoms with Crippen LogP contribution in [0.2, 0.25) is 0 Å². The van der Waals surface area contributed by atoms with E-state index in [1.165, 1.54) is 108 Å². The Labute approximate surface area is 148 Å². The highest BCUT2D eigenvalue weighted by Gasteiger charge is 2.27. The van der Waals surface area contributed by atoms with E-state index < -0.39 is 0 Å². The van der Waals surface area contributed by atoms with E-state index in [1.807, 2.05) is 0 Å². The summed E-state index contributed by atoms with van der Waals surface area (Å²) in [6, 6.07) is 0.845. The average molecular weight is 327 g/mol. The van der Waals surface area contributed by atoms with Gasteiger partial charge in [-0.05, 0) is 40.5 Å². The highest BCUT2D eigenvalue weighted by atomic mass is 15.4. The third-order valence-corrected chi connectivity index (χ3v) is 6.30. The Hall–Kier alpha value is -0.0400. The minimum atomic E-state index is 0.845. The maximum Gasteiger partial charge on any atom is 0.0861 e. The van der Waals surface area contributed by atoms with Crippen LogP contribution in [0.4, 0.5) is 0 Å². The minimum absolute atomic E-state index is 0.845. The molecule has 0 aliphatic carbocycles. The van der Waals surface area contributed by atoms with Crippen LogP contribution < -0.4 is 0 Å². The Morgan fingerprint density at radius 3 is 1.22 bits per heavy atom. The molecule has 0 aromatic heterocycles. The lowest BCUT2D eigenvalue weighted by Gasteiger charge is -2.41. The summed E-state index contributed by atoms with van der Waals surface area (Å²) in [5.74, 6) is 0. The van der Waals surface area contributed by atoms with E-state index in [0.29, 0.717) is 0 Å². The molecule has 0 heterocycles. The molecule has 23 heavy (non-hydrogen) atoms. The van der Waals surface area contributed by atoms with Crippen LogP contribution in [0.15, 0.2) is 0 Å². The molecular weight excluding hydrogens is 278 g/mol. The van der Waals surface area contributed by atoms with Crippen LogP contribution in [0.1, 0.15) is 118 Å². The fourth-order valence-corrected chi connectivity index (χ4v) is 4.16. The molecule has 1 unspecified atom stereocenters. The van der Waals surface area contributed by atoms with E-state index in [4.69, 9.17) is 0 Å². The molecule has 1 nitrogen and oxygen atoms in total. The lowest BCUT2D eigenvalue weighted by molar-refractivity contribution is -0.945. The van der Waals surface area contributed by atoms with E-state index >= 15 is 0 Å². The van der Waals surface area contributed by atoms with Gasteiger partial charge in [0.15, 0.2) is 0 Å². The summed E-state index contributed by atoms with van der Waals surface area (Å²) in [5.41, 5.74) is 0. The van der Waals surface area contributed by atoms with Gasteiger partial charge < -0.3 is 4.48 Å². The summed E-state index contributed by atoms with van der Waals surface area (Å²) in [6.45, 7) is 15.8. The van der Waals surface area contributed by atoms with Gasteiger partial charge in [0.2, 0.25) is 0 Å². The largest absolute Gasteiger partial charge is 0.322 e. The Morgan fingerprint density at radius 1 is 0.522 bits per heavy atom. The number of rotatable bonds is 17. The molecule has 0 spiro atoms. The van der Waals surface area contributed by atoms with Crippen LogP contribution in [-0.2, 0) is 0 Å². The van der Waals surface area contributed by atoms with Crippen LogP contribution in [0.5, 0.6) is 0 Å². The van der Waals surface area contributed by atoms with Crippen LogP contribution in [0.3, 0.4) is 0 Å². The molecule has 0 aliphatic heterocycles. The Kier molecular flexibility index (Phi) is 15.5. The van der Waals surface area contributed by atoms with Crippen LogP contribution in [0, 0.1) is 0 Å². The molecule has 1 atom stereocenters. The van der Waals surface area contributed by atoms with Gasteiger partial charge in [-0.25, -0.2) is 0 Å². The number of hydrogen-bond acceptors (Lipinski definition) is 0. The van der Waals surface area contributed by atoms with Crippen LogP contribution in [0.25, 0.3) is 0 Å². The summed E-state index contributed by atoms with van der Waals surface area (Å²) in [5, 5.41) is 0. The van der Waals surface area contributed by atoms with E-state index in [1.54, 1.807) is 0 Å². The van der Waals surface area contributed by atoms with Gasteiger partial charge in [-0.3, -0.25) is 0 Å². The number of quaternary nitrogens is 1. The van der Waals surface area contributed by atoms with Crippen LogP contribution in [-0.4, -0.2) is 30.2 Å². The zero-order valence-corrected chi connectivity index (χ0v) is 17.3. The molecule has 0 aromatic carbocycles. The number of unbranched alkanes of at least 4 members (excludes halogenated alkanes) is 11. The molecular formula is C22H48N+. The van der Waals surface area contributed by atoms with Crippen molar-refractivity contribution in [2.45, 2.75) is 124 Å². The van der Waals surface area contributed by atoms with Gasteiger partial charge in [0.25, 0.3) is 0 Å². The molecule has 0 aliphatic rings. The van der Waals surface area contributed by atoms with Gasteiger partial charge in [-0.2, -0.15) is 0 Å². The summed E-state index contributed by atoms with van der Waals surface area (Å²) in [7, 11) is 0. The van der Waals surface area contributed by atoms with Crippen molar-refractivity contribution in [2.75, 3.05) is 19.6 Å². The quantitative estimate of drug-likeness (QED) is 0.194. The second kappa shape index (κ2) is 15.5. The first-order valence-electron chi connectivity index (χ1n) is 11.0. The van der Waals surface area contributed by atoms with Crippen molar-refractivity contribution in [3.05, 3.63) is 0 Å². The minimum Gasteiger partial charge on any atom is -0.322 e. The zero-order chi connectivity index (χ0) is 17.4. The lowest BCUT2D eigenvalue weighted by Crippen LogP contribution is -2.53. The van der Waals surface area contributed by atoms with E-state index in [-0.39, 0.29) is 0 Å². The maximum atomic E-state index is 2.48. The van der Waals surface area contributed by atoms with Gasteiger partial charge >= 0.3 is 0 Å². The monoisotopic (exact) mass is 326 g/mol. The topological polar surface area (TPSA) is 0 Å².